The molecule has 2 aromatic carbocycles. The number of hydrogen-bond acceptors (Lipinski definition) is 3. The third kappa shape index (κ3) is 4.15. The standard InChI is InChI=1S/C15H15BrN2O2S/c1-11-3-4-12(2)13(9-11)10-17-18-21(19,20)15-7-5-14(16)6-8-15/h3-10,18H,1-2H3/b17-10-. The molecule has 110 valence electrons. The molecule has 0 aromatic heterocycles. The molecule has 0 amide bonds. The normalized spacial score (nSPS) is 11.8. The maximum atomic E-state index is 12.0. The van der Waals surface area contributed by atoms with Crippen molar-refractivity contribution in [2.45, 2.75) is 18.7 Å². The van der Waals surface area contributed by atoms with E-state index in [1.807, 2.05) is 32.0 Å². The minimum atomic E-state index is -3.64. The van der Waals surface area contributed by atoms with Crippen LogP contribution in [0.25, 0.3) is 0 Å². The van der Waals surface area contributed by atoms with Crippen LogP contribution in [0.2, 0.25) is 0 Å². The fourth-order valence-corrected chi connectivity index (χ4v) is 2.79. The van der Waals surface area contributed by atoms with Gasteiger partial charge in [0.1, 0.15) is 0 Å². The molecular weight excluding hydrogens is 352 g/mol. The number of hydrogen-bond donors (Lipinski definition) is 1. The largest absolute Gasteiger partial charge is 0.276 e. The molecule has 0 saturated heterocycles. The maximum absolute atomic E-state index is 12.0. The molecule has 1 N–H and O–H groups in total. The number of rotatable bonds is 4. The van der Waals surface area contributed by atoms with E-state index in [-0.39, 0.29) is 4.90 Å². The van der Waals surface area contributed by atoms with Gasteiger partial charge in [0.25, 0.3) is 10.0 Å². The first-order valence-corrected chi connectivity index (χ1v) is 8.54. The van der Waals surface area contributed by atoms with Crippen LogP contribution in [0.5, 0.6) is 0 Å². The summed E-state index contributed by atoms with van der Waals surface area (Å²) in [5.41, 5.74) is 3.01. The summed E-state index contributed by atoms with van der Waals surface area (Å²) in [6.45, 7) is 3.92. The molecule has 0 atom stereocenters. The molecule has 0 bridgehead atoms. The highest BCUT2D eigenvalue weighted by molar-refractivity contribution is 9.10. The number of halogens is 1. The quantitative estimate of drug-likeness (QED) is 0.665. The van der Waals surface area contributed by atoms with Crippen LogP contribution < -0.4 is 4.83 Å². The molecule has 2 aromatic rings. The molecule has 0 unspecified atom stereocenters. The zero-order valence-corrected chi connectivity index (χ0v) is 14.1. The Morgan fingerprint density at radius 2 is 1.76 bits per heavy atom. The van der Waals surface area contributed by atoms with E-state index in [0.717, 1.165) is 21.2 Å². The molecule has 0 aliphatic rings. The number of nitrogens with one attached hydrogen (secondary N) is 1. The molecular formula is C15H15BrN2O2S. The Hall–Kier alpha value is -1.66. The van der Waals surface area contributed by atoms with Gasteiger partial charge in [-0.05, 0) is 49.2 Å². The Bertz CT molecular complexity index is 769. The predicted molar refractivity (Wildman–Crippen MR) is 88.0 cm³/mol. The molecule has 0 fully saturated rings. The first kappa shape index (κ1) is 15.7. The second kappa shape index (κ2) is 6.41. The fraction of sp³-hybridized carbons (Fsp3) is 0.133. The number of benzene rings is 2. The van der Waals surface area contributed by atoms with Crippen LogP contribution in [0.3, 0.4) is 0 Å². The molecule has 21 heavy (non-hydrogen) atoms. The Kier molecular flexibility index (Phi) is 4.80. The Morgan fingerprint density at radius 3 is 2.43 bits per heavy atom. The van der Waals surface area contributed by atoms with E-state index in [4.69, 9.17) is 0 Å². The van der Waals surface area contributed by atoms with Crippen molar-refractivity contribution in [1.82, 2.24) is 4.83 Å². The monoisotopic (exact) mass is 366 g/mol. The summed E-state index contributed by atoms with van der Waals surface area (Å²) in [4.78, 5) is 2.39. The van der Waals surface area contributed by atoms with Crippen molar-refractivity contribution in [2.24, 2.45) is 5.10 Å². The minimum absolute atomic E-state index is 0.170. The molecule has 6 heteroatoms. The summed E-state index contributed by atoms with van der Waals surface area (Å²) >= 11 is 3.27. The van der Waals surface area contributed by atoms with Gasteiger partial charge >= 0.3 is 0 Å². The van der Waals surface area contributed by atoms with Crippen molar-refractivity contribution in [3.8, 4) is 0 Å². The molecule has 0 heterocycles. The molecule has 0 radical (unpaired) electrons. The summed E-state index contributed by atoms with van der Waals surface area (Å²) in [5, 5.41) is 3.84. The van der Waals surface area contributed by atoms with Crippen LogP contribution in [0.4, 0.5) is 0 Å². The van der Waals surface area contributed by atoms with E-state index < -0.39 is 10.0 Å². The molecule has 0 spiro atoms. The second-order valence-corrected chi connectivity index (χ2v) is 7.24. The van der Waals surface area contributed by atoms with Gasteiger partial charge in [-0.25, -0.2) is 4.83 Å². The van der Waals surface area contributed by atoms with E-state index in [2.05, 4.69) is 25.9 Å². The van der Waals surface area contributed by atoms with Gasteiger partial charge in [0, 0.05) is 4.47 Å². The maximum Gasteiger partial charge on any atom is 0.276 e. The van der Waals surface area contributed by atoms with Gasteiger partial charge in [-0.3, -0.25) is 0 Å². The number of sulfonamides is 1. The topological polar surface area (TPSA) is 58.5 Å². The molecule has 0 aliphatic carbocycles. The van der Waals surface area contributed by atoms with Crippen molar-refractivity contribution in [3.05, 3.63) is 63.6 Å². The van der Waals surface area contributed by atoms with Gasteiger partial charge in [0.05, 0.1) is 11.1 Å². The van der Waals surface area contributed by atoms with Crippen LogP contribution in [0.1, 0.15) is 16.7 Å². The van der Waals surface area contributed by atoms with E-state index >= 15 is 0 Å². The van der Waals surface area contributed by atoms with Crippen LogP contribution in [-0.4, -0.2) is 14.6 Å². The van der Waals surface area contributed by atoms with Crippen molar-refractivity contribution < 1.29 is 8.42 Å². The van der Waals surface area contributed by atoms with Gasteiger partial charge < -0.3 is 0 Å². The van der Waals surface area contributed by atoms with Crippen LogP contribution in [-0.2, 0) is 10.0 Å². The van der Waals surface area contributed by atoms with E-state index in [1.54, 1.807) is 12.1 Å². The van der Waals surface area contributed by atoms with Gasteiger partial charge in [-0.15, -0.1) is 0 Å². The van der Waals surface area contributed by atoms with Gasteiger partial charge in [-0.2, -0.15) is 13.5 Å². The van der Waals surface area contributed by atoms with Crippen molar-refractivity contribution >= 4 is 32.2 Å². The van der Waals surface area contributed by atoms with Gasteiger partial charge in [0.2, 0.25) is 0 Å². The number of hydrazone groups is 1. The van der Waals surface area contributed by atoms with Gasteiger partial charge in [-0.1, -0.05) is 39.7 Å². The summed E-state index contributed by atoms with van der Waals surface area (Å²) in [7, 11) is -3.64. The third-order valence-electron chi connectivity index (χ3n) is 2.94. The lowest BCUT2D eigenvalue weighted by atomic mass is 10.1. The second-order valence-electron chi connectivity index (χ2n) is 4.67. The molecule has 0 aliphatic heterocycles. The Balaban J connectivity index is 2.16. The van der Waals surface area contributed by atoms with Crippen LogP contribution in [0, 0.1) is 13.8 Å². The zero-order chi connectivity index (χ0) is 15.5. The van der Waals surface area contributed by atoms with E-state index in [1.165, 1.54) is 18.3 Å². The Morgan fingerprint density at radius 1 is 1.10 bits per heavy atom. The number of nitrogens with zero attached hydrogens (tertiary/aromatic N) is 1. The summed E-state index contributed by atoms with van der Waals surface area (Å²) in [6, 6.07) is 12.3. The van der Waals surface area contributed by atoms with Crippen LogP contribution >= 0.6 is 15.9 Å². The first-order valence-electron chi connectivity index (χ1n) is 6.26. The first-order chi connectivity index (χ1) is 9.88. The predicted octanol–water partition coefficient (Wildman–Crippen LogP) is 3.38. The lowest BCUT2D eigenvalue weighted by molar-refractivity contribution is 0.584. The summed E-state index contributed by atoms with van der Waals surface area (Å²) in [6.07, 6.45) is 1.51. The lowest BCUT2D eigenvalue weighted by Crippen LogP contribution is -2.18. The number of aryl methyl sites for hydroxylation is 2. The van der Waals surface area contributed by atoms with Crippen molar-refractivity contribution in [2.75, 3.05) is 0 Å². The van der Waals surface area contributed by atoms with Crippen molar-refractivity contribution in [1.29, 1.82) is 0 Å². The Labute approximate surface area is 133 Å². The van der Waals surface area contributed by atoms with Crippen LogP contribution in [0.15, 0.2) is 56.9 Å². The van der Waals surface area contributed by atoms with Gasteiger partial charge in [0.15, 0.2) is 0 Å². The molecule has 0 saturated carbocycles. The third-order valence-corrected chi connectivity index (χ3v) is 4.70. The SMILES string of the molecule is Cc1ccc(C)c(/C=N\NS(=O)(=O)c2ccc(Br)cc2)c1. The zero-order valence-electron chi connectivity index (χ0n) is 11.7. The lowest BCUT2D eigenvalue weighted by Gasteiger charge is -2.04. The molecule has 2 rings (SSSR count). The highest BCUT2D eigenvalue weighted by Gasteiger charge is 2.11. The minimum Gasteiger partial charge on any atom is -0.200 e. The highest BCUT2D eigenvalue weighted by Crippen LogP contribution is 2.14. The summed E-state index contributed by atoms with van der Waals surface area (Å²) < 4.78 is 24.9. The highest BCUT2D eigenvalue weighted by atomic mass is 79.9. The average molecular weight is 367 g/mol. The van der Waals surface area contributed by atoms with E-state index in [9.17, 15) is 8.42 Å². The molecule has 4 nitrogen and oxygen atoms in total. The van der Waals surface area contributed by atoms with Crippen molar-refractivity contribution in [3.63, 3.8) is 0 Å². The fourth-order valence-electron chi connectivity index (χ4n) is 1.73. The summed E-state index contributed by atoms with van der Waals surface area (Å²) in [5.74, 6) is 0. The smallest absolute Gasteiger partial charge is 0.200 e. The average Bonchev–Trinajstić information content (AvgIpc) is 2.43. The van der Waals surface area contributed by atoms with E-state index in [0.29, 0.717) is 0 Å².